The van der Waals surface area contributed by atoms with Crippen molar-refractivity contribution < 1.29 is 29.9 Å². The Hall–Kier alpha value is -5.87. The number of nitrogens with two attached hydrogens (primary N) is 1. The molecule has 0 bridgehead atoms. The van der Waals surface area contributed by atoms with E-state index in [4.69, 9.17) is 7.10 Å². The van der Waals surface area contributed by atoms with E-state index in [1.54, 1.807) is 12.1 Å². The number of rotatable bonds is 3. The molecule has 2 aliphatic rings. The topological polar surface area (TPSA) is 231 Å². The lowest BCUT2D eigenvalue weighted by molar-refractivity contribution is -0.384. The van der Waals surface area contributed by atoms with E-state index in [0.717, 1.165) is 10.6 Å². The Balaban J connectivity index is 0.000000227. The maximum Gasteiger partial charge on any atom is 0.270 e. The SMILES string of the molecule is C.Nc1ccc2ncn(C3CCC(=O)NC3=O)c(=O)c2c1.O=C1CCC(n2cnc3ccc([N+](=O)[O-])cc3c2=O)C(=O)N1.[2H]CF. The van der Waals surface area contributed by atoms with E-state index in [9.17, 15) is 43.3 Å². The van der Waals surface area contributed by atoms with Gasteiger partial charge in [0.15, 0.2) is 0 Å². The zero-order chi connectivity index (χ0) is 32.8. The minimum Gasteiger partial charge on any atom is -0.399 e. The summed E-state index contributed by atoms with van der Waals surface area (Å²) in [6.45, 7) is 0. The van der Waals surface area contributed by atoms with Crippen LogP contribution in [-0.4, -0.2) is 54.8 Å². The number of nitrogens with zero attached hydrogens (tertiary/aromatic N) is 5. The van der Waals surface area contributed by atoms with Gasteiger partial charge in [0.25, 0.3) is 16.8 Å². The molecule has 4 N–H and O–H groups in total. The number of non-ortho nitro benzene ring substituents is 1. The average molecular weight is 626 g/mol. The molecule has 4 amide bonds. The van der Waals surface area contributed by atoms with Crippen molar-refractivity contribution in [1.82, 2.24) is 29.7 Å². The van der Waals surface area contributed by atoms with E-state index in [1.807, 2.05) is 0 Å². The Kier molecular flexibility index (Phi) is 10.0. The Morgan fingerprint density at radius 1 is 0.867 bits per heavy atom. The quantitative estimate of drug-likeness (QED) is 0.128. The van der Waals surface area contributed by atoms with Crippen LogP contribution in [0.3, 0.4) is 0 Å². The second-order valence-corrected chi connectivity index (χ2v) is 9.58. The van der Waals surface area contributed by atoms with Crippen LogP contribution >= 0.6 is 0 Å². The highest BCUT2D eigenvalue weighted by molar-refractivity contribution is 6.00. The van der Waals surface area contributed by atoms with Crippen LogP contribution in [-0.2, 0) is 19.2 Å². The highest BCUT2D eigenvalue weighted by atomic mass is 19.1. The van der Waals surface area contributed by atoms with E-state index in [-0.39, 0.29) is 49.2 Å². The number of hydrogen-bond donors (Lipinski definition) is 3. The predicted molar refractivity (Wildman–Crippen MR) is 160 cm³/mol. The zero-order valence-electron chi connectivity index (χ0n) is 23.8. The predicted octanol–water partition coefficient (Wildman–Crippen LogP) is 1.46. The van der Waals surface area contributed by atoms with Gasteiger partial charge in [-0.3, -0.25) is 63.0 Å². The molecule has 45 heavy (non-hydrogen) atoms. The molecule has 17 heteroatoms. The minimum absolute atomic E-state index is 0. The van der Waals surface area contributed by atoms with Crippen LogP contribution < -0.4 is 27.5 Å². The fourth-order valence-corrected chi connectivity index (χ4v) is 4.73. The van der Waals surface area contributed by atoms with Crippen LogP contribution in [0.5, 0.6) is 0 Å². The number of aromatic nitrogens is 4. The highest BCUT2D eigenvalue weighted by Gasteiger charge is 2.30. The van der Waals surface area contributed by atoms with Gasteiger partial charge < -0.3 is 5.73 Å². The van der Waals surface area contributed by atoms with E-state index >= 15 is 0 Å². The first kappa shape index (κ1) is 32.1. The molecule has 6 rings (SSSR count). The number of imide groups is 2. The minimum atomic E-state index is -1.00. The molecule has 2 aromatic carbocycles. The van der Waals surface area contributed by atoms with E-state index in [1.165, 1.54) is 35.4 Å². The number of anilines is 1. The molecule has 0 saturated carbocycles. The zero-order valence-corrected chi connectivity index (χ0v) is 22.8. The van der Waals surface area contributed by atoms with Gasteiger partial charge in [0.1, 0.15) is 12.1 Å². The van der Waals surface area contributed by atoms with Gasteiger partial charge in [0.2, 0.25) is 23.6 Å². The fraction of sp³-hybridized carbons (Fsp3) is 0.286. The normalized spacial score (nSPS) is 17.8. The summed E-state index contributed by atoms with van der Waals surface area (Å²) in [6, 6.07) is 7.06. The first-order valence-corrected chi connectivity index (χ1v) is 12.9. The van der Waals surface area contributed by atoms with Gasteiger partial charge in [-0.1, -0.05) is 7.43 Å². The number of nitro groups is 1. The van der Waals surface area contributed by atoms with E-state index < -0.39 is 47.4 Å². The number of amides is 4. The molecule has 236 valence electrons. The molecule has 0 aliphatic carbocycles. The number of halogens is 1. The molecular weight excluding hydrogens is 595 g/mol. The Morgan fingerprint density at radius 3 is 1.76 bits per heavy atom. The number of fused-ring (bicyclic) bond motifs is 2. The number of hydrogen-bond acceptors (Lipinski definition) is 11. The third kappa shape index (κ3) is 7.03. The Morgan fingerprint density at radius 2 is 1.31 bits per heavy atom. The number of piperidine rings is 2. The summed E-state index contributed by atoms with van der Waals surface area (Å²) in [5.41, 5.74) is 5.83. The Labute approximate surface area is 254 Å². The highest BCUT2D eigenvalue weighted by Crippen LogP contribution is 2.21. The maximum absolute atomic E-state index is 12.5. The van der Waals surface area contributed by atoms with Crippen molar-refractivity contribution in [3.05, 3.63) is 79.9 Å². The van der Waals surface area contributed by atoms with E-state index in [2.05, 4.69) is 20.6 Å². The summed E-state index contributed by atoms with van der Waals surface area (Å²) in [4.78, 5) is 89.2. The average Bonchev–Trinajstić information content (AvgIpc) is 2.99. The van der Waals surface area contributed by atoms with Crippen molar-refractivity contribution in [3.8, 4) is 0 Å². The van der Waals surface area contributed by atoms with Gasteiger partial charge in [0.05, 0.1) is 47.9 Å². The van der Waals surface area contributed by atoms with Crippen LogP contribution in [0.4, 0.5) is 15.8 Å². The third-order valence-corrected chi connectivity index (χ3v) is 6.88. The van der Waals surface area contributed by atoms with Crippen LogP contribution in [0.2, 0.25) is 0 Å². The number of nitrogens with one attached hydrogen (secondary N) is 2. The van der Waals surface area contributed by atoms with Crippen molar-refractivity contribution in [3.63, 3.8) is 0 Å². The molecule has 2 aromatic heterocycles. The van der Waals surface area contributed by atoms with Gasteiger partial charge >= 0.3 is 0 Å². The summed E-state index contributed by atoms with van der Waals surface area (Å²) in [7, 11) is -1.00. The van der Waals surface area contributed by atoms with Crippen LogP contribution in [0, 0.1) is 10.1 Å². The summed E-state index contributed by atoms with van der Waals surface area (Å²) < 4.78 is 17.9. The third-order valence-electron chi connectivity index (χ3n) is 6.88. The monoisotopic (exact) mass is 625 g/mol. The second kappa shape index (κ2) is 14.1. The molecular formula is C28H29FN8O8. The molecule has 4 heterocycles. The molecule has 0 spiro atoms. The first-order valence-electron chi connectivity index (χ1n) is 13.6. The van der Waals surface area contributed by atoms with Gasteiger partial charge in [-0.2, -0.15) is 0 Å². The van der Waals surface area contributed by atoms with Gasteiger partial charge in [-0.05, 0) is 37.1 Å². The lowest BCUT2D eigenvalue weighted by Crippen LogP contribution is -2.44. The number of nitro benzene ring substituents is 1. The molecule has 2 unspecified atom stereocenters. The van der Waals surface area contributed by atoms with Gasteiger partial charge in [-0.25, -0.2) is 9.97 Å². The van der Waals surface area contributed by atoms with E-state index in [0.29, 0.717) is 28.5 Å². The summed E-state index contributed by atoms with van der Waals surface area (Å²) >= 11 is 0. The smallest absolute Gasteiger partial charge is 0.270 e. The number of alkyl halides is 1. The van der Waals surface area contributed by atoms with Crippen LogP contribution in [0.1, 0.15) is 46.6 Å². The van der Waals surface area contributed by atoms with Crippen molar-refractivity contribution in [2.75, 3.05) is 12.9 Å². The van der Waals surface area contributed by atoms with Crippen LogP contribution in [0.15, 0.2) is 58.6 Å². The Bertz CT molecular complexity index is 1960. The van der Waals surface area contributed by atoms with Gasteiger partial charge in [0, 0.05) is 30.7 Å². The fourth-order valence-electron chi connectivity index (χ4n) is 4.73. The summed E-state index contributed by atoms with van der Waals surface area (Å²) in [5, 5.41) is 15.6. The number of carbonyl (C=O) groups is 4. The standard InChI is InChI=1S/C13H10N4O5.C13H12N4O3.CH3F.CH4/c18-11-4-3-10(12(19)15-11)16-6-14-9-2-1-7(17(21)22)5-8(9)13(16)20;14-7-1-2-9-8(5-7)13(20)17(6-15-9)10-3-4-11(18)16-12(10)19;1-2;/h1-2,5-6,10H,3-4H2,(H,15,18,19);1-2,5-6,10H,3-4,14H2,(H,16,18,19);1H3;1H4/i;;1D;. The molecule has 2 aliphatic heterocycles. The maximum atomic E-state index is 12.5. The van der Waals surface area contributed by atoms with Crippen molar-refractivity contribution in [2.24, 2.45) is 0 Å². The lowest BCUT2D eigenvalue weighted by atomic mass is 10.1. The largest absolute Gasteiger partial charge is 0.399 e. The van der Waals surface area contributed by atoms with Crippen molar-refractivity contribution >= 4 is 56.8 Å². The molecule has 2 saturated heterocycles. The molecule has 16 nitrogen and oxygen atoms in total. The summed E-state index contributed by atoms with van der Waals surface area (Å²) in [5.74, 6) is -1.77. The molecule has 2 atom stereocenters. The van der Waals surface area contributed by atoms with Crippen molar-refractivity contribution in [1.29, 1.82) is 0 Å². The second-order valence-electron chi connectivity index (χ2n) is 9.58. The molecule has 0 radical (unpaired) electrons. The number of nitrogen functional groups attached to an aromatic ring is 1. The molecule has 4 aromatic rings. The van der Waals surface area contributed by atoms with Gasteiger partial charge in [-0.15, -0.1) is 0 Å². The van der Waals surface area contributed by atoms with Crippen LogP contribution in [0.25, 0.3) is 21.8 Å². The number of benzene rings is 2. The lowest BCUT2D eigenvalue weighted by Gasteiger charge is -2.22. The summed E-state index contributed by atoms with van der Waals surface area (Å²) in [6.07, 6.45) is 3.36. The molecule has 2 fully saturated rings. The number of carbonyl (C=O) groups excluding carboxylic acids is 4. The van der Waals surface area contributed by atoms with Crippen molar-refractivity contribution in [2.45, 2.75) is 45.2 Å². The first-order chi connectivity index (χ1) is 21.4.